The molecule has 0 aliphatic heterocycles. The van der Waals surface area contributed by atoms with Crippen molar-refractivity contribution < 1.29 is 0 Å². The van der Waals surface area contributed by atoms with E-state index < -0.39 is 0 Å². The molecular weight excluding hydrogens is 204 g/mol. The van der Waals surface area contributed by atoms with E-state index in [9.17, 15) is 0 Å². The summed E-state index contributed by atoms with van der Waals surface area (Å²) in [6.45, 7) is 3.29. The van der Waals surface area contributed by atoms with Gasteiger partial charge in [0.2, 0.25) is 0 Å². The predicted octanol–water partition coefficient (Wildman–Crippen LogP) is 2.36. The zero-order valence-electron chi connectivity index (χ0n) is 9.57. The van der Waals surface area contributed by atoms with E-state index in [1.165, 1.54) is 17.7 Å². The van der Waals surface area contributed by atoms with E-state index in [1.807, 2.05) is 30.2 Å². The molecule has 1 rings (SSSR count). The molecule has 1 atom stereocenters. The van der Waals surface area contributed by atoms with Gasteiger partial charge in [-0.1, -0.05) is 6.07 Å². The second-order valence-corrected chi connectivity index (χ2v) is 4.73. The van der Waals surface area contributed by atoms with Crippen LogP contribution in [0.15, 0.2) is 24.5 Å². The van der Waals surface area contributed by atoms with Gasteiger partial charge in [-0.05, 0) is 49.9 Å². The Hall–Kier alpha value is -0.540. The van der Waals surface area contributed by atoms with Crippen LogP contribution in [0.1, 0.15) is 18.9 Å². The van der Waals surface area contributed by atoms with Gasteiger partial charge in [-0.3, -0.25) is 4.98 Å². The lowest BCUT2D eigenvalue weighted by molar-refractivity contribution is 0.540. The first kappa shape index (κ1) is 12.5. The number of nitrogens with zero attached hydrogens (tertiary/aromatic N) is 1. The average molecular weight is 224 g/mol. The quantitative estimate of drug-likeness (QED) is 0.769. The third-order valence-corrected chi connectivity index (χ3v) is 3.03. The van der Waals surface area contributed by atoms with Crippen molar-refractivity contribution in [2.45, 2.75) is 25.8 Å². The molecule has 0 aliphatic rings. The van der Waals surface area contributed by atoms with Crippen LogP contribution >= 0.6 is 11.8 Å². The third-order valence-electron chi connectivity index (χ3n) is 2.38. The topological polar surface area (TPSA) is 24.9 Å². The molecule has 1 aromatic rings. The molecular formula is C12H20N2S. The number of hydrogen-bond acceptors (Lipinski definition) is 3. The van der Waals surface area contributed by atoms with Gasteiger partial charge in [0.15, 0.2) is 0 Å². The summed E-state index contributed by atoms with van der Waals surface area (Å²) in [5.41, 5.74) is 1.31. The normalized spacial score (nSPS) is 12.7. The lowest BCUT2D eigenvalue weighted by atomic mass is 10.2. The molecule has 2 nitrogen and oxygen atoms in total. The number of thioether (sulfide) groups is 1. The van der Waals surface area contributed by atoms with E-state index in [0.29, 0.717) is 6.04 Å². The van der Waals surface area contributed by atoms with Gasteiger partial charge in [0, 0.05) is 18.4 Å². The van der Waals surface area contributed by atoms with Gasteiger partial charge in [-0.2, -0.15) is 11.8 Å². The molecule has 0 radical (unpaired) electrons. The number of aromatic nitrogens is 1. The first-order chi connectivity index (χ1) is 7.33. The summed E-state index contributed by atoms with van der Waals surface area (Å²) in [5, 5.41) is 3.52. The Morgan fingerprint density at radius 1 is 1.53 bits per heavy atom. The number of nitrogens with one attached hydrogen (secondary N) is 1. The summed E-state index contributed by atoms with van der Waals surface area (Å²) >= 11 is 1.91. The van der Waals surface area contributed by atoms with E-state index >= 15 is 0 Å². The van der Waals surface area contributed by atoms with Crippen molar-refractivity contribution in [3.05, 3.63) is 30.1 Å². The average Bonchev–Trinajstić information content (AvgIpc) is 2.28. The van der Waals surface area contributed by atoms with Crippen LogP contribution in [-0.2, 0) is 6.42 Å². The summed E-state index contributed by atoms with van der Waals surface area (Å²) in [4.78, 5) is 4.10. The second kappa shape index (κ2) is 7.71. The van der Waals surface area contributed by atoms with Crippen molar-refractivity contribution in [1.82, 2.24) is 10.3 Å². The van der Waals surface area contributed by atoms with Crippen LogP contribution in [0, 0.1) is 0 Å². The lowest BCUT2D eigenvalue weighted by Crippen LogP contribution is -2.28. The summed E-state index contributed by atoms with van der Waals surface area (Å²) < 4.78 is 0. The van der Waals surface area contributed by atoms with Crippen LogP contribution < -0.4 is 5.32 Å². The number of hydrogen-bond donors (Lipinski definition) is 1. The molecule has 1 heterocycles. The largest absolute Gasteiger partial charge is 0.314 e. The molecule has 3 heteroatoms. The second-order valence-electron chi connectivity index (χ2n) is 3.75. The maximum absolute atomic E-state index is 4.10. The molecule has 0 aromatic carbocycles. The van der Waals surface area contributed by atoms with Crippen LogP contribution in [-0.4, -0.2) is 29.6 Å². The van der Waals surface area contributed by atoms with E-state index in [4.69, 9.17) is 0 Å². The Labute approximate surface area is 96.9 Å². The van der Waals surface area contributed by atoms with Gasteiger partial charge in [-0.15, -0.1) is 0 Å². The minimum absolute atomic E-state index is 0.620. The zero-order valence-corrected chi connectivity index (χ0v) is 10.4. The Balaban J connectivity index is 2.11. The van der Waals surface area contributed by atoms with Crippen LogP contribution in [0.3, 0.4) is 0 Å². The van der Waals surface area contributed by atoms with E-state index in [0.717, 1.165) is 13.0 Å². The van der Waals surface area contributed by atoms with Crippen molar-refractivity contribution >= 4 is 11.8 Å². The van der Waals surface area contributed by atoms with Crippen LogP contribution in [0.2, 0.25) is 0 Å². The van der Waals surface area contributed by atoms with Crippen molar-refractivity contribution in [3.63, 3.8) is 0 Å². The van der Waals surface area contributed by atoms with Gasteiger partial charge in [-0.25, -0.2) is 0 Å². The van der Waals surface area contributed by atoms with Crippen molar-refractivity contribution in [2.24, 2.45) is 0 Å². The fourth-order valence-electron chi connectivity index (χ4n) is 1.41. The van der Waals surface area contributed by atoms with Gasteiger partial charge in [0.1, 0.15) is 0 Å². The first-order valence-corrected chi connectivity index (χ1v) is 6.83. The molecule has 0 aliphatic carbocycles. The Bertz CT molecular complexity index is 251. The Kier molecular flexibility index (Phi) is 6.44. The molecule has 1 N–H and O–H groups in total. The first-order valence-electron chi connectivity index (χ1n) is 5.44. The molecule has 84 valence electrons. The zero-order chi connectivity index (χ0) is 10.9. The van der Waals surface area contributed by atoms with Crippen molar-refractivity contribution in [3.8, 4) is 0 Å². The van der Waals surface area contributed by atoms with Gasteiger partial charge < -0.3 is 5.32 Å². The van der Waals surface area contributed by atoms with E-state index in [-0.39, 0.29) is 0 Å². The number of pyridine rings is 1. The van der Waals surface area contributed by atoms with Gasteiger partial charge in [0.25, 0.3) is 0 Å². The van der Waals surface area contributed by atoms with E-state index in [1.54, 1.807) is 0 Å². The highest BCUT2D eigenvalue weighted by Crippen LogP contribution is 2.00. The fourth-order valence-corrected chi connectivity index (χ4v) is 1.99. The van der Waals surface area contributed by atoms with Gasteiger partial charge >= 0.3 is 0 Å². The van der Waals surface area contributed by atoms with Crippen LogP contribution in [0.5, 0.6) is 0 Å². The highest BCUT2D eigenvalue weighted by molar-refractivity contribution is 7.98. The highest BCUT2D eigenvalue weighted by atomic mass is 32.2. The monoisotopic (exact) mass is 224 g/mol. The van der Waals surface area contributed by atoms with Crippen molar-refractivity contribution in [1.29, 1.82) is 0 Å². The molecule has 15 heavy (non-hydrogen) atoms. The minimum Gasteiger partial charge on any atom is -0.314 e. The molecule has 0 amide bonds. The SMILES string of the molecule is CSCCC(C)NCCc1cccnc1. The molecule has 0 fully saturated rings. The van der Waals surface area contributed by atoms with Crippen LogP contribution in [0.25, 0.3) is 0 Å². The molecule has 0 spiro atoms. The summed E-state index contributed by atoms with van der Waals surface area (Å²) in [6.07, 6.45) is 8.22. The van der Waals surface area contributed by atoms with Crippen molar-refractivity contribution in [2.75, 3.05) is 18.6 Å². The lowest BCUT2D eigenvalue weighted by Gasteiger charge is -2.12. The fraction of sp³-hybridized carbons (Fsp3) is 0.583. The highest BCUT2D eigenvalue weighted by Gasteiger charge is 1.99. The molecule has 0 bridgehead atoms. The third kappa shape index (κ3) is 5.80. The minimum atomic E-state index is 0.620. The molecule has 1 unspecified atom stereocenters. The summed E-state index contributed by atoms with van der Waals surface area (Å²) in [5.74, 6) is 1.24. The summed E-state index contributed by atoms with van der Waals surface area (Å²) in [7, 11) is 0. The maximum atomic E-state index is 4.10. The molecule has 0 saturated carbocycles. The Morgan fingerprint density at radius 2 is 2.40 bits per heavy atom. The Morgan fingerprint density at radius 3 is 3.07 bits per heavy atom. The maximum Gasteiger partial charge on any atom is 0.0300 e. The predicted molar refractivity (Wildman–Crippen MR) is 68.4 cm³/mol. The number of rotatable bonds is 7. The van der Waals surface area contributed by atoms with E-state index in [2.05, 4.69) is 29.5 Å². The molecule has 0 saturated heterocycles. The van der Waals surface area contributed by atoms with Crippen LogP contribution in [0.4, 0.5) is 0 Å². The standard InChI is InChI=1S/C12H20N2S/c1-11(6-9-15-2)14-8-5-12-4-3-7-13-10-12/h3-4,7,10-11,14H,5-6,8-9H2,1-2H3. The summed E-state index contributed by atoms with van der Waals surface area (Å²) in [6, 6.07) is 4.74. The van der Waals surface area contributed by atoms with Gasteiger partial charge in [0.05, 0.1) is 0 Å². The molecule has 1 aromatic heterocycles. The smallest absolute Gasteiger partial charge is 0.0300 e.